The summed E-state index contributed by atoms with van der Waals surface area (Å²) in [4.78, 5) is 22.0. The molecular formula is C14H16FN5O4. The van der Waals surface area contributed by atoms with Crippen molar-refractivity contribution in [3.8, 4) is 11.8 Å². The van der Waals surface area contributed by atoms with Gasteiger partial charge in [0.1, 0.15) is 12.2 Å². The molecule has 2 aromatic rings. The molecule has 0 spiro atoms. The van der Waals surface area contributed by atoms with Crippen LogP contribution < -0.4 is 11.3 Å². The van der Waals surface area contributed by atoms with Gasteiger partial charge >= 0.3 is 0 Å². The predicted molar refractivity (Wildman–Crippen MR) is 81.4 cm³/mol. The van der Waals surface area contributed by atoms with Gasteiger partial charge in [0.15, 0.2) is 17.4 Å². The van der Waals surface area contributed by atoms with Gasteiger partial charge in [0.2, 0.25) is 11.6 Å². The first kappa shape index (κ1) is 16.4. The van der Waals surface area contributed by atoms with Crippen LogP contribution in [-0.4, -0.2) is 53.7 Å². The molecular weight excluding hydrogens is 321 g/mol. The summed E-state index contributed by atoms with van der Waals surface area (Å²) in [7, 11) is 0. The van der Waals surface area contributed by atoms with Gasteiger partial charge in [-0.2, -0.15) is 4.98 Å². The van der Waals surface area contributed by atoms with E-state index in [0.717, 1.165) is 10.9 Å². The fourth-order valence-corrected chi connectivity index (χ4v) is 2.79. The Morgan fingerprint density at radius 2 is 2.33 bits per heavy atom. The summed E-state index contributed by atoms with van der Waals surface area (Å²) in [5.41, 5.74) is 2.33. The Hall–Kier alpha value is -2.48. The molecule has 0 aromatic carbocycles. The minimum atomic E-state index is -2.52. The number of alkyl halides is 1. The lowest BCUT2D eigenvalue weighted by atomic mass is 9.94. The highest BCUT2D eigenvalue weighted by molar-refractivity contribution is 5.70. The van der Waals surface area contributed by atoms with E-state index in [1.807, 2.05) is 0 Å². The van der Waals surface area contributed by atoms with Crippen LogP contribution in [0, 0.1) is 11.8 Å². The normalized spacial score (nSPS) is 31.0. The Kier molecular flexibility index (Phi) is 3.79. The second-order valence-corrected chi connectivity index (χ2v) is 5.56. The molecule has 1 aliphatic heterocycles. The standard InChI is InChI=1S/C14H16FN5O4/c1-3-4-14(15)9(22)8(6(2)21)24-12(14)20-5-17-7-10(20)18-13(16)19-11(7)23/h5-6,8-9,12,21-22H,1-2H3,(H3,16,18,19,23)/t6-,8+,9-,12+,14?/m0/s1. The van der Waals surface area contributed by atoms with Crippen molar-refractivity contribution in [3.05, 3.63) is 16.7 Å². The van der Waals surface area contributed by atoms with Gasteiger partial charge in [-0.3, -0.25) is 14.3 Å². The van der Waals surface area contributed by atoms with Gasteiger partial charge in [-0.05, 0) is 13.8 Å². The lowest BCUT2D eigenvalue weighted by Crippen LogP contribution is -2.44. The van der Waals surface area contributed by atoms with Crippen LogP contribution in [0.5, 0.6) is 0 Å². The molecule has 0 saturated carbocycles. The molecule has 0 radical (unpaired) electrons. The van der Waals surface area contributed by atoms with Crippen LogP contribution in [0.4, 0.5) is 10.3 Å². The number of halogens is 1. The third kappa shape index (κ3) is 2.25. The van der Waals surface area contributed by atoms with E-state index in [0.29, 0.717) is 0 Å². The summed E-state index contributed by atoms with van der Waals surface area (Å²) in [6.45, 7) is 2.77. The van der Waals surface area contributed by atoms with E-state index >= 15 is 4.39 Å². The Labute approximate surface area is 135 Å². The number of aliphatic hydroxyl groups excluding tert-OH is 2. The molecule has 9 nitrogen and oxygen atoms in total. The molecule has 24 heavy (non-hydrogen) atoms. The fraction of sp³-hybridized carbons (Fsp3) is 0.500. The number of imidazole rings is 1. The molecule has 0 bridgehead atoms. The Bertz CT molecular complexity index is 898. The highest BCUT2D eigenvalue weighted by Gasteiger charge is 2.59. The van der Waals surface area contributed by atoms with Crippen molar-refractivity contribution in [1.82, 2.24) is 19.5 Å². The molecule has 3 rings (SSSR count). The summed E-state index contributed by atoms with van der Waals surface area (Å²) in [5.74, 6) is 4.53. The van der Waals surface area contributed by atoms with Gasteiger partial charge in [-0.1, -0.05) is 5.92 Å². The quantitative estimate of drug-likeness (QED) is 0.519. The lowest BCUT2D eigenvalue weighted by molar-refractivity contribution is -0.0776. The van der Waals surface area contributed by atoms with E-state index in [1.165, 1.54) is 13.8 Å². The van der Waals surface area contributed by atoms with Crippen molar-refractivity contribution < 1.29 is 19.3 Å². The third-order valence-electron chi connectivity index (χ3n) is 3.88. The van der Waals surface area contributed by atoms with Gasteiger partial charge in [0.05, 0.1) is 12.4 Å². The number of H-pyrrole nitrogens is 1. The van der Waals surface area contributed by atoms with Crippen LogP contribution in [-0.2, 0) is 4.74 Å². The molecule has 0 amide bonds. The number of nitrogen functional groups attached to an aromatic ring is 1. The number of nitrogens with two attached hydrogens (primary N) is 1. The molecule has 0 aliphatic carbocycles. The van der Waals surface area contributed by atoms with Gasteiger partial charge in [-0.25, -0.2) is 9.37 Å². The number of hydrogen-bond acceptors (Lipinski definition) is 7. The number of nitrogens with zero attached hydrogens (tertiary/aromatic N) is 3. The van der Waals surface area contributed by atoms with Crippen molar-refractivity contribution in [1.29, 1.82) is 0 Å². The highest BCUT2D eigenvalue weighted by Crippen LogP contribution is 2.43. The van der Waals surface area contributed by atoms with Crippen molar-refractivity contribution in [2.24, 2.45) is 0 Å². The minimum absolute atomic E-state index is 0.0142. The summed E-state index contributed by atoms with van der Waals surface area (Å²) >= 11 is 0. The van der Waals surface area contributed by atoms with Crippen LogP contribution >= 0.6 is 0 Å². The molecule has 1 saturated heterocycles. The van der Waals surface area contributed by atoms with Crippen LogP contribution in [0.25, 0.3) is 11.2 Å². The van der Waals surface area contributed by atoms with Crippen molar-refractivity contribution in [2.75, 3.05) is 5.73 Å². The maximum atomic E-state index is 15.4. The van der Waals surface area contributed by atoms with E-state index in [9.17, 15) is 15.0 Å². The van der Waals surface area contributed by atoms with E-state index in [4.69, 9.17) is 10.5 Å². The first-order valence-corrected chi connectivity index (χ1v) is 7.16. The number of anilines is 1. The first-order chi connectivity index (χ1) is 11.3. The fourth-order valence-electron chi connectivity index (χ4n) is 2.79. The average Bonchev–Trinajstić information content (AvgIpc) is 3.00. The lowest BCUT2D eigenvalue weighted by Gasteiger charge is -2.23. The van der Waals surface area contributed by atoms with Crippen molar-refractivity contribution in [2.45, 2.75) is 44.1 Å². The molecule has 1 fully saturated rings. The van der Waals surface area contributed by atoms with E-state index in [-0.39, 0.29) is 17.1 Å². The van der Waals surface area contributed by atoms with E-state index in [2.05, 4.69) is 26.8 Å². The molecule has 3 heterocycles. The maximum absolute atomic E-state index is 15.4. The number of aromatic nitrogens is 4. The summed E-state index contributed by atoms with van der Waals surface area (Å²) < 4.78 is 22.0. The van der Waals surface area contributed by atoms with Crippen LogP contribution in [0.15, 0.2) is 11.1 Å². The molecule has 1 unspecified atom stereocenters. The van der Waals surface area contributed by atoms with Gasteiger partial charge < -0.3 is 20.7 Å². The second-order valence-electron chi connectivity index (χ2n) is 5.56. The van der Waals surface area contributed by atoms with Crippen LogP contribution in [0.2, 0.25) is 0 Å². The molecule has 128 valence electrons. The maximum Gasteiger partial charge on any atom is 0.280 e. The molecule has 1 aliphatic rings. The molecule has 2 aromatic heterocycles. The Morgan fingerprint density at radius 1 is 1.62 bits per heavy atom. The van der Waals surface area contributed by atoms with Gasteiger partial charge in [0.25, 0.3) is 5.56 Å². The average molecular weight is 337 g/mol. The first-order valence-electron chi connectivity index (χ1n) is 7.16. The van der Waals surface area contributed by atoms with E-state index in [1.54, 1.807) is 0 Å². The van der Waals surface area contributed by atoms with Crippen LogP contribution in [0.1, 0.15) is 20.1 Å². The largest absolute Gasteiger partial charge is 0.391 e. The minimum Gasteiger partial charge on any atom is -0.391 e. The Balaban J connectivity index is 2.20. The van der Waals surface area contributed by atoms with Gasteiger partial charge in [-0.15, -0.1) is 5.92 Å². The number of hydrogen-bond donors (Lipinski definition) is 4. The number of aliphatic hydroxyl groups is 2. The number of fused-ring (bicyclic) bond motifs is 1. The topological polar surface area (TPSA) is 139 Å². The molecule has 5 N–H and O–H groups in total. The Morgan fingerprint density at radius 3 is 2.96 bits per heavy atom. The van der Waals surface area contributed by atoms with E-state index < -0.39 is 35.8 Å². The van der Waals surface area contributed by atoms with Gasteiger partial charge in [0, 0.05) is 0 Å². The smallest absolute Gasteiger partial charge is 0.280 e. The third-order valence-corrected chi connectivity index (χ3v) is 3.88. The number of aromatic amines is 1. The zero-order chi connectivity index (χ0) is 17.6. The highest BCUT2D eigenvalue weighted by atomic mass is 19.1. The monoisotopic (exact) mass is 337 g/mol. The molecule has 10 heteroatoms. The van der Waals surface area contributed by atoms with Crippen LogP contribution in [0.3, 0.4) is 0 Å². The summed E-state index contributed by atoms with van der Waals surface area (Å²) in [5, 5.41) is 20.0. The summed E-state index contributed by atoms with van der Waals surface area (Å²) in [6.07, 6.45) is -4.36. The number of ether oxygens (including phenoxy) is 1. The summed E-state index contributed by atoms with van der Waals surface area (Å²) in [6, 6.07) is 0. The zero-order valence-corrected chi connectivity index (χ0v) is 12.9. The SMILES string of the molecule is CC#CC1(F)[C@@H](O)[C@@H]([C@H](C)O)O[C@H]1n1cnc2c(=O)[nH]c(N)nc21. The zero-order valence-electron chi connectivity index (χ0n) is 12.9. The second kappa shape index (κ2) is 5.55. The number of nitrogens with one attached hydrogen (secondary N) is 1. The van der Waals surface area contributed by atoms with Crippen molar-refractivity contribution >= 4 is 17.1 Å². The predicted octanol–water partition coefficient (Wildman–Crippen LogP) is -0.928. The number of rotatable bonds is 2. The molecule has 5 atom stereocenters. The van der Waals surface area contributed by atoms with Crippen molar-refractivity contribution in [3.63, 3.8) is 0 Å².